The summed E-state index contributed by atoms with van der Waals surface area (Å²) in [4.78, 5) is 12.3. The maximum atomic E-state index is 11.8. The molecule has 5 heteroatoms. The van der Waals surface area contributed by atoms with Gasteiger partial charge in [0.25, 0.3) is 5.91 Å². The third kappa shape index (κ3) is 3.47. The van der Waals surface area contributed by atoms with Crippen molar-refractivity contribution in [2.75, 3.05) is 0 Å². The third-order valence-electron chi connectivity index (χ3n) is 2.18. The number of aliphatic hydroxyl groups excluding tert-OH is 1. The highest BCUT2D eigenvalue weighted by molar-refractivity contribution is 7.13. The number of halogens is 1. The van der Waals surface area contributed by atoms with Crippen LogP contribution in [0.2, 0.25) is 5.02 Å². The average Bonchev–Trinajstić information content (AvgIpc) is 2.45. The van der Waals surface area contributed by atoms with Gasteiger partial charge in [-0.3, -0.25) is 4.79 Å². The van der Waals surface area contributed by atoms with Gasteiger partial charge in [-0.2, -0.15) is 0 Å². The number of nitrogens with one attached hydrogen (secondary N) is 1. The molecule has 0 aliphatic rings. The normalized spacial score (nSPS) is 14.6. The van der Waals surface area contributed by atoms with Crippen LogP contribution in [-0.2, 0) is 0 Å². The first-order chi connectivity index (χ1) is 7.41. The lowest BCUT2D eigenvalue weighted by molar-refractivity contribution is 0.0927. The lowest BCUT2D eigenvalue weighted by atomic mass is 10.1. The molecule has 1 rings (SSSR count). The minimum Gasteiger partial charge on any atom is -0.393 e. The summed E-state index contributed by atoms with van der Waals surface area (Å²) in [5, 5.41) is 14.4. The molecule has 3 nitrogen and oxygen atoms in total. The molecule has 0 aliphatic heterocycles. The number of carbonyl (C=O) groups is 1. The highest BCUT2D eigenvalue weighted by Gasteiger charge is 2.17. The van der Waals surface area contributed by atoms with Gasteiger partial charge in [0.2, 0.25) is 0 Å². The van der Waals surface area contributed by atoms with Crippen LogP contribution in [0.4, 0.5) is 0 Å². The van der Waals surface area contributed by atoms with Crippen LogP contribution in [0.3, 0.4) is 0 Å². The summed E-state index contributed by atoms with van der Waals surface area (Å²) in [5.74, 6) is -0.170. The van der Waals surface area contributed by atoms with E-state index in [0.717, 1.165) is 5.56 Å². The van der Waals surface area contributed by atoms with E-state index in [4.69, 9.17) is 11.6 Å². The van der Waals surface area contributed by atoms with Gasteiger partial charge in [0, 0.05) is 6.04 Å². The minimum absolute atomic E-state index is 0.0639. The van der Waals surface area contributed by atoms with Crippen molar-refractivity contribution >= 4 is 28.8 Å². The van der Waals surface area contributed by atoms with Gasteiger partial charge in [-0.1, -0.05) is 11.6 Å². The van der Waals surface area contributed by atoms with E-state index in [-0.39, 0.29) is 11.9 Å². The van der Waals surface area contributed by atoms with Crippen LogP contribution in [-0.4, -0.2) is 23.2 Å². The lowest BCUT2D eigenvalue weighted by Crippen LogP contribution is -2.34. The van der Waals surface area contributed by atoms with Crippen molar-refractivity contribution in [1.29, 1.82) is 0 Å². The van der Waals surface area contributed by atoms with E-state index in [2.05, 4.69) is 5.32 Å². The molecule has 2 unspecified atom stereocenters. The molecule has 0 radical (unpaired) electrons. The zero-order chi connectivity index (χ0) is 12.3. The first-order valence-corrected chi connectivity index (χ1v) is 6.40. The van der Waals surface area contributed by atoms with Crippen molar-refractivity contribution in [3.05, 3.63) is 20.8 Å². The number of amides is 1. The molecule has 1 aromatic heterocycles. The molecule has 1 amide bonds. The Morgan fingerprint density at radius 1 is 1.62 bits per heavy atom. The number of rotatable bonds is 4. The van der Waals surface area contributed by atoms with Crippen molar-refractivity contribution in [1.82, 2.24) is 5.32 Å². The number of thiophene rings is 1. The van der Waals surface area contributed by atoms with Gasteiger partial charge in [0.1, 0.15) is 4.88 Å². The molecule has 0 aliphatic carbocycles. The van der Waals surface area contributed by atoms with Gasteiger partial charge >= 0.3 is 0 Å². The summed E-state index contributed by atoms with van der Waals surface area (Å²) in [6, 6.07) is -0.0639. The smallest absolute Gasteiger partial charge is 0.263 e. The standard InChI is InChI=1S/C11H16ClNO2S/c1-6-5-16-10(9(6)12)11(15)13-7(2)4-8(3)14/h5,7-8,14H,4H2,1-3H3,(H,13,15). The highest BCUT2D eigenvalue weighted by Crippen LogP contribution is 2.26. The minimum atomic E-state index is -0.421. The number of aryl methyl sites for hydroxylation is 1. The fourth-order valence-electron chi connectivity index (χ4n) is 1.44. The van der Waals surface area contributed by atoms with Crippen molar-refractivity contribution in [3.63, 3.8) is 0 Å². The Morgan fingerprint density at radius 3 is 2.69 bits per heavy atom. The quantitative estimate of drug-likeness (QED) is 0.875. The predicted molar refractivity (Wildman–Crippen MR) is 67.3 cm³/mol. The molecule has 1 heterocycles. The van der Waals surface area contributed by atoms with E-state index >= 15 is 0 Å². The second-order valence-corrected chi connectivity index (χ2v) is 5.28. The number of hydrogen-bond acceptors (Lipinski definition) is 3. The zero-order valence-electron chi connectivity index (χ0n) is 9.58. The summed E-state index contributed by atoms with van der Waals surface area (Å²) in [5.41, 5.74) is 0.917. The van der Waals surface area contributed by atoms with E-state index in [1.807, 2.05) is 19.2 Å². The summed E-state index contributed by atoms with van der Waals surface area (Å²) < 4.78 is 0. The molecule has 1 aromatic rings. The molecular weight excluding hydrogens is 246 g/mol. The van der Waals surface area contributed by atoms with Crippen LogP contribution >= 0.6 is 22.9 Å². The van der Waals surface area contributed by atoms with E-state index in [9.17, 15) is 9.90 Å². The van der Waals surface area contributed by atoms with Gasteiger partial charge in [-0.25, -0.2) is 0 Å². The summed E-state index contributed by atoms with van der Waals surface area (Å²) in [7, 11) is 0. The predicted octanol–water partition coefficient (Wildman–Crippen LogP) is 2.60. The second kappa shape index (κ2) is 5.66. The molecule has 2 N–H and O–H groups in total. The average molecular weight is 262 g/mol. The van der Waals surface area contributed by atoms with Crippen molar-refractivity contribution in [2.45, 2.75) is 39.3 Å². The van der Waals surface area contributed by atoms with Gasteiger partial charge < -0.3 is 10.4 Å². The Balaban J connectivity index is 2.62. The monoisotopic (exact) mass is 261 g/mol. The second-order valence-electron chi connectivity index (χ2n) is 4.02. The molecule has 0 saturated carbocycles. The fraction of sp³-hybridized carbons (Fsp3) is 0.545. The maximum absolute atomic E-state index is 11.8. The Bertz CT molecular complexity index is 376. The number of aliphatic hydroxyl groups is 1. The van der Waals surface area contributed by atoms with Gasteiger partial charge in [0.15, 0.2) is 0 Å². The van der Waals surface area contributed by atoms with Crippen LogP contribution in [0.5, 0.6) is 0 Å². The molecule has 0 saturated heterocycles. The summed E-state index contributed by atoms with van der Waals surface area (Å²) in [6.45, 7) is 5.43. The van der Waals surface area contributed by atoms with E-state index in [0.29, 0.717) is 16.3 Å². The Morgan fingerprint density at radius 2 is 2.25 bits per heavy atom. The van der Waals surface area contributed by atoms with Crippen molar-refractivity contribution < 1.29 is 9.90 Å². The third-order valence-corrected chi connectivity index (χ3v) is 3.87. The van der Waals surface area contributed by atoms with Crippen LogP contribution < -0.4 is 5.32 Å². The largest absolute Gasteiger partial charge is 0.393 e. The van der Waals surface area contributed by atoms with Crippen LogP contribution in [0.1, 0.15) is 35.5 Å². The zero-order valence-corrected chi connectivity index (χ0v) is 11.2. The maximum Gasteiger partial charge on any atom is 0.263 e. The SMILES string of the molecule is Cc1csc(C(=O)NC(C)CC(C)O)c1Cl. The van der Waals surface area contributed by atoms with Crippen LogP contribution in [0.25, 0.3) is 0 Å². The molecule has 16 heavy (non-hydrogen) atoms. The molecule has 90 valence electrons. The molecule has 0 spiro atoms. The molecule has 0 aromatic carbocycles. The summed E-state index contributed by atoms with van der Waals surface area (Å²) in [6.07, 6.45) is 0.115. The van der Waals surface area contributed by atoms with Gasteiger partial charge in [-0.05, 0) is 38.1 Å². The van der Waals surface area contributed by atoms with Gasteiger partial charge in [-0.15, -0.1) is 11.3 Å². The Kier molecular flexibility index (Phi) is 4.77. The lowest BCUT2D eigenvalue weighted by Gasteiger charge is -2.14. The first kappa shape index (κ1) is 13.5. The molecule has 2 atom stereocenters. The molecular formula is C11H16ClNO2S. The first-order valence-electron chi connectivity index (χ1n) is 5.14. The Labute approximate surface area is 104 Å². The van der Waals surface area contributed by atoms with E-state index in [1.54, 1.807) is 6.92 Å². The Hall–Kier alpha value is -0.580. The van der Waals surface area contributed by atoms with Gasteiger partial charge in [0.05, 0.1) is 11.1 Å². The van der Waals surface area contributed by atoms with Crippen LogP contribution in [0, 0.1) is 6.92 Å². The van der Waals surface area contributed by atoms with Crippen molar-refractivity contribution in [3.8, 4) is 0 Å². The van der Waals surface area contributed by atoms with E-state index < -0.39 is 6.10 Å². The molecule has 0 fully saturated rings. The number of carbonyl (C=O) groups excluding carboxylic acids is 1. The molecule has 0 bridgehead atoms. The van der Waals surface area contributed by atoms with Crippen molar-refractivity contribution in [2.24, 2.45) is 0 Å². The fourth-order valence-corrected chi connectivity index (χ4v) is 2.62. The topological polar surface area (TPSA) is 49.3 Å². The highest BCUT2D eigenvalue weighted by atomic mass is 35.5. The summed E-state index contributed by atoms with van der Waals surface area (Å²) >= 11 is 7.33. The number of hydrogen-bond donors (Lipinski definition) is 2. The van der Waals surface area contributed by atoms with E-state index in [1.165, 1.54) is 11.3 Å². The van der Waals surface area contributed by atoms with Crippen LogP contribution in [0.15, 0.2) is 5.38 Å².